The highest BCUT2D eigenvalue weighted by Gasteiger charge is 2.44. The van der Waals surface area contributed by atoms with E-state index in [1.165, 1.54) is 18.6 Å². The van der Waals surface area contributed by atoms with Crippen LogP contribution < -0.4 is 16.0 Å². The van der Waals surface area contributed by atoms with Gasteiger partial charge in [0.2, 0.25) is 17.3 Å². The Morgan fingerprint density at radius 1 is 0.958 bits per heavy atom. The molecule has 7 N–H and O–H groups in total. The number of nitrogens with zero attached hydrogens (tertiary/aromatic N) is 3. The fourth-order valence-electron chi connectivity index (χ4n) is 4.99. The van der Waals surface area contributed by atoms with E-state index in [-0.39, 0.29) is 44.1 Å². The molecule has 2 aromatic rings. The first-order valence-electron chi connectivity index (χ1n) is 15.4. The third kappa shape index (κ3) is 13.5. The summed E-state index contributed by atoms with van der Waals surface area (Å²) >= 11 is 0. The fourth-order valence-corrected chi connectivity index (χ4v) is 7.18. The highest BCUT2D eigenvalue weighted by atomic mass is 31.2. The molecule has 2 heterocycles. The van der Waals surface area contributed by atoms with Crippen LogP contribution in [0, 0.1) is 5.92 Å². The maximum atomic E-state index is 13.7. The summed E-state index contributed by atoms with van der Waals surface area (Å²) in [6.07, 6.45) is 4.91. The Balaban J connectivity index is 1.58. The number of hydrogen-bond donors (Lipinski definition) is 7. The van der Waals surface area contributed by atoms with Gasteiger partial charge < -0.3 is 44.8 Å². The van der Waals surface area contributed by atoms with Crippen LogP contribution in [-0.4, -0.2) is 110 Å². The van der Waals surface area contributed by atoms with E-state index in [0.717, 1.165) is 5.56 Å². The number of aromatic nitrogens is 2. The Bertz CT molecular complexity index is 1400. The first-order chi connectivity index (χ1) is 22.6. The predicted octanol–water partition coefficient (Wildman–Crippen LogP) is 0.260. The minimum atomic E-state index is -5.28. The van der Waals surface area contributed by atoms with Crippen molar-refractivity contribution in [2.75, 3.05) is 32.8 Å². The van der Waals surface area contributed by atoms with Crippen molar-refractivity contribution in [2.24, 2.45) is 5.92 Å². The lowest BCUT2D eigenvalue weighted by Gasteiger charge is -2.32. The molecule has 3 amide bonds. The first-order valence-corrected chi connectivity index (χ1v) is 18.8. The molecule has 48 heavy (non-hydrogen) atoms. The van der Waals surface area contributed by atoms with Gasteiger partial charge in [0.25, 0.3) is 5.91 Å². The van der Waals surface area contributed by atoms with Gasteiger partial charge in [-0.25, -0.2) is 4.98 Å². The summed E-state index contributed by atoms with van der Waals surface area (Å²) in [5.74, 6) is -2.25. The second-order valence-electron chi connectivity index (χ2n) is 11.7. The van der Waals surface area contributed by atoms with Crippen molar-refractivity contribution in [1.82, 2.24) is 30.8 Å². The number of nitrogens with one attached hydrogen (secondary N) is 3. The number of hydrogen-bond acceptors (Lipinski definition) is 10. The molecule has 0 aliphatic carbocycles. The Labute approximate surface area is 279 Å². The monoisotopic (exact) mass is 712 g/mol. The Hall–Kier alpha value is -3.05. The molecule has 1 aliphatic rings. The summed E-state index contributed by atoms with van der Waals surface area (Å²) in [6.45, 7) is 5.70. The molecule has 20 heteroatoms. The van der Waals surface area contributed by atoms with Crippen molar-refractivity contribution >= 4 is 40.0 Å². The van der Waals surface area contributed by atoms with E-state index in [4.69, 9.17) is 9.31 Å². The molecule has 1 aliphatic heterocycles. The Morgan fingerprint density at radius 3 is 2.17 bits per heavy atom. The van der Waals surface area contributed by atoms with Gasteiger partial charge in [-0.15, -0.1) is 0 Å². The molecular weight excluding hydrogens is 669 g/mol. The highest BCUT2D eigenvalue weighted by molar-refractivity contribution is 7.70. The molecular formula is C28H43BN6O11P2. The van der Waals surface area contributed by atoms with Crippen LogP contribution in [0.25, 0.3) is 0 Å². The van der Waals surface area contributed by atoms with Crippen molar-refractivity contribution < 1.29 is 52.4 Å². The molecule has 1 saturated heterocycles. The van der Waals surface area contributed by atoms with Crippen LogP contribution in [0.2, 0.25) is 0 Å². The van der Waals surface area contributed by atoms with Crippen LogP contribution in [0.15, 0.2) is 48.9 Å². The van der Waals surface area contributed by atoms with Crippen LogP contribution in [-0.2, 0) is 34.4 Å². The fraction of sp³-hybridized carbons (Fsp3) is 0.536. The minimum absolute atomic E-state index is 0.0745. The van der Waals surface area contributed by atoms with Gasteiger partial charge in [0.15, 0.2) is 0 Å². The molecule has 1 aromatic carbocycles. The third-order valence-electron chi connectivity index (χ3n) is 7.27. The molecule has 1 aromatic heterocycles. The Morgan fingerprint density at radius 2 is 1.60 bits per heavy atom. The zero-order chi connectivity index (χ0) is 35.3. The van der Waals surface area contributed by atoms with Gasteiger partial charge in [0.05, 0.1) is 12.1 Å². The van der Waals surface area contributed by atoms with Crippen molar-refractivity contribution in [2.45, 2.75) is 57.0 Å². The van der Waals surface area contributed by atoms with Gasteiger partial charge in [0.1, 0.15) is 11.7 Å². The van der Waals surface area contributed by atoms with Crippen LogP contribution in [0.5, 0.6) is 0 Å². The summed E-state index contributed by atoms with van der Waals surface area (Å²) in [6, 6.07) is 8.34. The van der Waals surface area contributed by atoms with E-state index >= 15 is 0 Å². The van der Waals surface area contributed by atoms with E-state index in [2.05, 4.69) is 20.6 Å². The smallest absolute Gasteiger partial charge is 0.408 e. The highest BCUT2D eigenvalue weighted by Crippen LogP contribution is 2.58. The van der Waals surface area contributed by atoms with E-state index < -0.39 is 57.5 Å². The number of amides is 3. The van der Waals surface area contributed by atoms with Gasteiger partial charge in [-0.05, 0) is 30.9 Å². The zero-order valence-corrected chi connectivity index (χ0v) is 28.5. The van der Waals surface area contributed by atoms with Crippen molar-refractivity contribution in [3.8, 4) is 0 Å². The number of carbonyl (C=O) groups excluding carboxylic acids is 3. The average Bonchev–Trinajstić information content (AvgIpc) is 2.99. The molecule has 3 rings (SSSR count). The van der Waals surface area contributed by atoms with Crippen molar-refractivity contribution in [3.05, 3.63) is 60.2 Å². The predicted molar refractivity (Wildman–Crippen MR) is 174 cm³/mol. The molecule has 2 unspecified atom stereocenters. The lowest BCUT2D eigenvalue weighted by atomic mass is 9.73. The van der Waals surface area contributed by atoms with Crippen LogP contribution in [0.4, 0.5) is 0 Å². The molecule has 0 saturated carbocycles. The topological polar surface area (TPSA) is 250 Å². The molecule has 0 radical (unpaired) electrons. The van der Waals surface area contributed by atoms with Crippen LogP contribution in [0.1, 0.15) is 49.2 Å². The maximum absolute atomic E-state index is 13.7. The Kier molecular flexibility index (Phi) is 15.3. The molecule has 1 fully saturated rings. The van der Waals surface area contributed by atoms with Gasteiger partial charge in [0, 0.05) is 51.5 Å². The normalized spacial score (nSPS) is 16.1. The molecule has 2 atom stereocenters. The number of rotatable bonds is 16. The summed E-state index contributed by atoms with van der Waals surface area (Å²) < 4.78 is 34.9. The molecule has 0 spiro atoms. The summed E-state index contributed by atoms with van der Waals surface area (Å²) in [5, 5.41) is 7.55. The lowest BCUT2D eigenvalue weighted by molar-refractivity contribution is -0.123. The summed E-state index contributed by atoms with van der Waals surface area (Å²) in [5.41, 5.74) is -1.68. The van der Waals surface area contributed by atoms with Gasteiger partial charge >= 0.3 is 22.3 Å². The van der Waals surface area contributed by atoms with E-state index in [9.17, 15) is 43.1 Å². The number of carbonyl (C=O) groups is 3. The van der Waals surface area contributed by atoms with Gasteiger partial charge in [-0.3, -0.25) is 33.4 Å². The molecule has 0 bridgehead atoms. The second kappa shape index (κ2) is 18.6. The molecule has 17 nitrogen and oxygen atoms in total. The van der Waals surface area contributed by atoms with Gasteiger partial charge in [-0.1, -0.05) is 44.2 Å². The minimum Gasteiger partial charge on any atom is -0.408 e. The van der Waals surface area contributed by atoms with Crippen LogP contribution in [0.3, 0.4) is 0 Å². The maximum Gasteiger partial charge on any atom is 0.480 e. The first kappa shape index (κ1) is 39.4. The SMILES string of the molecule is CC(C)CC(NC(=O)C(Cc1ccccc1)NC(=O)c1cnccn1)B1OCCN(CCCC(=O)NC(P(=O)(O)O)P(=O)(O)O)CCO1. The largest absolute Gasteiger partial charge is 0.480 e. The van der Waals surface area contributed by atoms with Gasteiger partial charge in [-0.2, -0.15) is 0 Å². The standard InChI is InChI=1S/C28H43BN6O11P2/c1-20(2)17-24(33-26(37)22(18-21-7-4-3-5-8-21)32-27(38)23-19-30-10-11-31-23)29-45-15-13-35(14-16-46-29)12-6-9-25(36)34-28(47(39,40)41)48(42,43)44/h3-5,7-8,10-11,19-20,22,24,28H,6,9,12-18H2,1-2H3,(H,32,38)(H,33,37)(H,34,36)(H2,39,40,41)(H2,42,43,44). The second-order valence-corrected chi connectivity index (χ2v) is 15.5. The third-order valence-corrected chi connectivity index (χ3v) is 10.6. The lowest BCUT2D eigenvalue weighted by Crippen LogP contribution is -2.57. The van der Waals surface area contributed by atoms with E-state index in [0.29, 0.717) is 26.1 Å². The van der Waals surface area contributed by atoms with Crippen molar-refractivity contribution in [1.29, 1.82) is 0 Å². The summed E-state index contributed by atoms with van der Waals surface area (Å²) in [4.78, 5) is 85.5. The van der Waals surface area contributed by atoms with Crippen molar-refractivity contribution in [3.63, 3.8) is 0 Å². The van der Waals surface area contributed by atoms with E-state index in [1.54, 1.807) is 5.32 Å². The van der Waals surface area contributed by atoms with E-state index in [1.807, 2.05) is 49.1 Å². The number of benzene rings is 1. The average molecular weight is 712 g/mol. The zero-order valence-electron chi connectivity index (χ0n) is 26.8. The quantitative estimate of drug-likeness (QED) is 0.0912. The molecule has 264 valence electrons. The summed E-state index contributed by atoms with van der Waals surface area (Å²) in [7, 11) is -11.3. The van der Waals surface area contributed by atoms with Crippen LogP contribution >= 0.6 is 15.2 Å².